The van der Waals surface area contributed by atoms with Crippen molar-refractivity contribution in [2.45, 2.75) is 32.7 Å². The molecule has 172 valence electrons. The predicted octanol–water partition coefficient (Wildman–Crippen LogP) is 6.83. The molecule has 2 heterocycles. The van der Waals surface area contributed by atoms with Crippen LogP contribution in [0.4, 0.5) is 5.69 Å². The Morgan fingerprint density at radius 2 is 1.71 bits per heavy atom. The largest absolute Gasteiger partial charge is 0.494 e. The van der Waals surface area contributed by atoms with E-state index in [9.17, 15) is 9.59 Å². The smallest absolute Gasteiger partial charge is 0.295 e. The summed E-state index contributed by atoms with van der Waals surface area (Å²) in [6.45, 7) is 6.74. The van der Waals surface area contributed by atoms with Crippen molar-refractivity contribution in [1.82, 2.24) is 0 Å². The molecule has 0 saturated carbocycles. The molecule has 1 aromatic heterocycles. The van der Waals surface area contributed by atoms with E-state index in [2.05, 4.69) is 41.9 Å². The summed E-state index contributed by atoms with van der Waals surface area (Å²) in [4.78, 5) is 29.0. The molecule has 5 rings (SSSR count). The molecule has 34 heavy (non-hydrogen) atoms. The Bertz CT molecular complexity index is 1440. The average molecular weight is 518 g/mol. The standard InChI is InChI=1S/C28H24BrNO4/c1-4-33-21-12-10-20(11-13-21)30-25(18-7-5-17(6-8-18)16(2)3)24-26(31)22-15-19(29)9-14-23(22)34-27(24)28(30)32/h5-16,25H,4H2,1-3H3. The summed E-state index contributed by atoms with van der Waals surface area (Å²) in [7, 11) is 0. The van der Waals surface area contributed by atoms with Gasteiger partial charge in [-0.25, -0.2) is 0 Å². The van der Waals surface area contributed by atoms with E-state index in [0.717, 1.165) is 15.8 Å². The van der Waals surface area contributed by atoms with Crippen LogP contribution in [0.15, 0.2) is 80.4 Å². The number of ether oxygens (including phenoxy) is 1. The quantitative estimate of drug-likeness (QED) is 0.291. The molecule has 0 aliphatic carbocycles. The number of fused-ring (bicyclic) bond motifs is 2. The topological polar surface area (TPSA) is 59.8 Å². The van der Waals surface area contributed by atoms with E-state index in [1.165, 1.54) is 5.56 Å². The zero-order chi connectivity index (χ0) is 24.0. The number of rotatable bonds is 5. The molecule has 1 atom stereocenters. The Labute approximate surface area is 206 Å². The fourth-order valence-electron chi connectivity index (χ4n) is 4.46. The molecule has 1 amide bonds. The van der Waals surface area contributed by atoms with E-state index >= 15 is 0 Å². The molecule has 0 fully saturated rings. The highest BCUT2D eigenvalue weighted by atomic mass is 79.9. The monoisotopic (exact) mass is 517 g/mol. The summed E-state index contributed by atoms with van der Waals surface area (Å²) in [5.74, 6) is 0.851. The van der Waals surface area contributed by atoms with Gasteiger partial charge in [-0.05, 0) is 66.4 Å². The first-order chi connectivity index (χ1) is 16.4. The first-order valence-electron chi connectivity index (χ1n) is 11.3. The summed E-state index contributed by atoms with van der Waals surface area (Å²) in [6.07, 6.45) is 0. The molecular formula is C28H24BrNO4. The lowest BCUT2D eigenvalue weighted by molar-refractivity contribution is 0.0971. The zero-order valence-corrected chi connectivity index (χ0v) is 20.8. The number of hydrogen-bond donors (Lipinski definition) is 0. The zero-order valence-electron chi connectivity index (χ0n) is 19.2. The van der Waals surface area contributed by atoms with Gasteiger partial charge in [-0.3, -0.25) is 14.5 Å². The molecule has 1 unspecified atom stereocenters. The number of anilines is 1. The molecule has 4 aromatic rings. The van der Waals surface area contributed by atoms with Gasteiger partial charge >= 0.3 is 0 Å². The minimum absolute atomic E-state index is 0.0895. The van der Waals surface area contributed by atoms with E-state index in [-0.39, 0.29) is 17.1 Å². The Hall–Kier alpha value is -3.38. The Morgan fingerprint density at radius 1 is 1.00 bits per heavy atom. The summed E-state index contributed by atoms with van der Waals surface area (Å²) < 4.78 is 12.4. The lowest BCUT2D eigenvalue weighted by atomic mass is 9.95. The molecule has 0 saturated heterocycles. The van der Waals surface area contributed by atoms with Crippen molar-refractivity contribution in [2.75, 3.05) is 11.5 Å². The van der Waals surface area contributed by atoms with Crippen molar-refractivity contribution in [1.29, 1.82) is 0 Å². The van der Waals surface area contributed by atoms with Gasteiger partial charge in [-0.15, -0.1) is 0 Å². The third kappa shape index (κ3) is 3.72. The van der Waals surface area contributed by atoms with E-state index in [4.69, 9.17) is 9.15 Å². The Kier molecular flexibility index (Phi) is 5.78. The third-order valence-electron chi connectivity index (χ3n) is 6.18. The minimum Gasteiger partial charge on any atom is -0.494 e. The van der Waals surface area contributed by atoms with Crippen LogP contribution in [-0.4, -0.2) is 12.5 Å². The fraction of sp³-hybridized carbons (Fsp3) is 0.214. The van der Waals surface area contributed by atoms with Gasteiger partial charge < -0.3 is 9.15 Å². The lowest BCUT2D eigenvalue weighted by Crippen LogP contribution is -2.29. The number of carbonyl (C=O) groups excluding carboxylic acids is 1. The number of amides is 1. The van der Waals surface area contributed by atoms with E-state index < -0.39 is 6.04 Å². The summed E-state index contributed by atoms with van der Waals surface area (Å²) in [6, 6.07) is 20.1. The molecule has 0 bridgehead atoms. The van der Waals surface area contributed by atoms with Crippen LogP contribution in [0.5, 0.6) is 5.75 Å². The lowest BCUT2D eigenvalue weighted by Gasteiger charge is -2.25. The van der Waals surface area contributed by atoms with Crippen LogP contribution >= 0.6 is 15.9 Å². The maximum absolute atomic E-state index is 13.7. The van der Waals surface area contributed by atoms with Gasteiger partial charge in [0.15, 0.2) is 5.43 Å². The number of carbonyl (C=O) groups is 1. The molecule has 3 aromatic carbocycles. The highest BCUT2D eigenvalue weighted by Gasteiger charge is 2.43. The van der Waals surface area contributed by atoms with Gasteiger partial charge in [-0.2, -0.15) is 0 Å². The highest BCUT2D eigenvalue weighted by Crippen LogP contribution is 2.42. The van der Waals surface area contributed by atoms with Crippen LogP contribution < -0.4 is 15.1 Å². The van der Waals surface area contributed by atoms with Crippen molar-refractivity contribution in [3.63, 3.8) is 0 Å². The molecule has 0 spiro atoms. The number of hydrogen-bond acceptors (Lipinski definition) is 4. The second-order valence-electron chi connectivity index (χ2n) is 8.64. The molecule has 6 heteroatoms. The predicted molar refractivity (Wildman–Crippen MR) is 137 cm³/mol. The normalized spacial score (nSPS) is 15.3. The van der Waals surface area contributed by atoms with Gasteiger partial charge in [0.05, 0.1) is 23.6 Å². The van der Waals surface area contributed by atoms with Gasteiger partial charge in [0.2, 0.25) is 5.76 Å². The third-order valence-corrected chi connectivity index (χ3v) is 6.67. The van der Waals surface area contributed by atoms with Gasteiger partial charge in [0.1, 0.15) is 11.3 Å². The van der Waals surface area contributed by atoms with Crippen LogP contribution in [0.3, 0.4) is 0 Å². The van der Waals surface area contributed by atoms with Crippen LogP contribution in [0.25, 0.3) is 11.0 Å². The first-order valence-corrected chi connectivity index (χ1v) is 12.1. The number of halogens is 1. The number of nitrogens with zero attached hydrogens (tertiary/aromatic N) is 1. The van der Waals surface area contributed by atoms with Crippen molar-refractivity contribution in [2.24, 2.45) is 0 Å². The van der Waals surface area contributed by atoms with E-state index in [0.29, 0.717) is 34.7 Å². The number of benzene rings is 3. The van der Waals surface area contributed by atoms with Crippen molar-refractivity contribution in [3.8, 4) is 5.75 Å². The van der Waals surface area contributed by atoms with E-state index in [1.807, 2.05) is 43.3 Å². The second kappa shape index (κ2) is 8.76. The summed E-state index contributed by atoms with van der Waals surface area (Å²) in [5, 5.41) is 0.443. The first kappa shape index (κ1) is 22.4. The van der Waals surface area contributed by atoms with Crippen LogP contribution in [-0.2, 0) is 0 Å². The average Bonchev–Trinajstić information content (AvgIpc) is 3.13. The maximum Gasteiger partial charge on any atom is 0.295 e. The molecule has 5 nitrogen and oxygen atoms in total. The van der Waals surface area contributed by atoms with Crippen LogP contribution in [0.1, 0.15) is 60.0 Å². The fourth-order valence-corrected chi connectivity index (χ4v) is 4.82. The maximum atomic E-state index is 13.7. The molecule has 1 aliphatic heterocycles. The second-order valence-corrected chi connectivity index (χ2v) is 9.56. The molecular weight excluding hydrogens is 494 g/mol. The Balaban J connectivity index is 1.72. The summed E-state index contributed by atoms with van der Waals surface area (Å²) >= 11 is 3.44. The van der Waals surface area contributed by atoms with Gasteiger partial charge in [-0.1, -0.05) is 54.0 Å². The molecule has 0 N–H and O–H groups in total. The van der Waals surface area contributed by atoms with Gasteiger partial charge in [0, 0.05) is 10.2 Å². The molecule has 1 aliphatic rings. The van der Waals surface area contributed by atoms with Crippen molar-refractivity contribution >= 4 is 38.5 Å². The van der Waals surface area contributed by atoms with Gasteiger partial charge in [0.25, 0.3) is 5.91 Å². The van der Waals surface area contributed by atoms with Crippen LogP contribution in [0.2, 0.25) is 0 Å². The molecule has 0 radical (unpaired) electrons. The highest BCUT2D eigenvalue weighted by molar-refractivity contribution is 9.10. The van der Waals surface area contributed by atoms with Crippen LogP contribution in [0, 0.1) is 0 Å². The van der Waals surface area contributed by atoms with Crippen molar-refractivity contribution in [3.05, 3.63) is 104 Å². The summed E-state index contributed by atoms with van der Waals surface area (Å²) in [5.41, 5.74) is 3.27. The minimum atomic E-state index is -0.596. The van der Waals surface area contributed by atoms with Crippen molar-refractivity contribution < 1.29 is 13.9 Å². The Morgan fingerprint density at radius 3 is 2.35 bits per heavy atom. The van der Waals surface area contributed by atoms with E-state index in [1.54, 1.807) is 23.1 Å². The SMILES string of the molecule is CCOc1ccc(N2C(=O)c3oc4ccc(Br)cc4c(=O)c3C2c2ccc(C(C)C)cc2)cc1.